The first-order valence-corrected chi connectivity index (χ1v) is 9.07. The van der Waals surface area contributed by atoms with Crippen molar-refractivity contribution in [1.29, 1.82) is 5.26 Å². The van der Waals surface area contributed by atoms with Crippen molar-refractivity contribution < 1.29 is 4.74 Å². The van der Waals surface area contributed by atoms with Gasteiger partial charge in [0.1, 0.15) is 5.75 Å². The van der Waals surface area contributed by atoms with E-state index in [1.54, 1.807) is 7.11 Å². The molecule has 2 aromatic rings. The maximum absolute atomic E-state index is 8.89. The van der Waals surface area contributed by atoms with Gasteiger partial charge >= 0.3 is 0 Å². The van der Waals surface area contributed by atoms with E-state index in [9.17, 15) is 0 Å². The van der Waals surface area contributed by atoms with Gasteiger partial charge in [0.15, 0.2) is 5.96 Å². The molecule has 0 amide bonds. The summed E-state index contributed by atoms with van der Waals surface area (Å²) in [7, 11) is 3.53. The predicted octanol–water partition coefficient (Wildman–Crippen LogP) is 3.08. The van der Waals surface area contributed by atoms with Gasteiger partial charge in [-0.2, -0.15) is 5.26 Å². The van der Waals surface area contributed by atoms with Gasteiger partial charge < -0.3 is 19.9 Å². The Hall–Kier alpha value is -2.47. The van der Waals surface area contributed by atoms with Gasteiger partial charge in [0, 0.05) is 39.8 Å². The number of ether oxygens (including phenoxy) is 1. The van der Waals surface area contributed by atoms with Crippen LogP contribution < -0.4 is 15.0 Å². The SMILES string of the molecule is CN=C(NCc1ccc(C#N)cc1)N1CCN(c2ccccc2OC)CC1.I. The number of rotatable bonds is 4. The average molecular weight is 491 g/mol. The monoisotopic (exact) mass is 491 g/mol. The summed E-state index contributed by atoms with van der Waals surface area (Å²) in [6.07, 6.45) is 0. The topological polar surface area (TPSA) is 63.9 Å². The van der Waals surface area contributed by atoms with Gasteiger partial charge in [-0.25, -0.2) is 0 Å². The van der Waals surface area contributed by atoms with Crippen LogP contribution in [0.5, 0.6) is 5.75 Å². The standard InChI is InChI=1S/C21H25N5O.HI/c1-23-21(24-16-18-9-7-17(15-22)8-10-18)26-13-11-25(12-14-26)19-5-3-4-6-20(19)27-2;/h3-10H,11-14,16H2,1-2H3,(H,23,24);1H. The number of aliphatic imine (C=N–C) groups is 1. The molecule has 1 heterocycles. The molecule has 3 rings (SSSR count). The van der Waals surface area contributed by atoms with Crippen LogP contribution in [0.4, 0.5) is 5.69 Å². The number of piperazine rings is 1. The molecule has 0 unspecified atom stereocenters. The molecular weight excluding hydrogens is 465 g/mol. The first-order chi connectivity index (χ1) is 13.2. The van der Waals surface area contributed by atoms with E-state index >= 15 is 0 Å². The molecule has 0 saturated carbocycles. The van der Waals surface area contributed by atoms with Gasteiger partial charge in [0.25, 0.3) is 0 Å². The van der Waals surface area contributed by atoms with Gasteiger partial charge in [0.05, 0.1) is 24.4 Å². The van der Waals surface area contributed by atoms with Crippen LogP contribution in [0.2, 0.25) is 0 Å². The number of anilines is 1. The van der Waals surface area contributed by atoms with Crippen molar-refractivity contribution in [3.63, 3.8) is 0 Å². The maximum Gasteiger partial charge on any atom is 0.194 e. The van der Waals surface area contributed by atoms with Crippen molar-refractivity contribution in [2.45, 2.75) is 6.54 Å². The molecule has 1 aliphatic rings. The van der Waals surface area contributed by atoms with Crippen LogP contribution in [0.1, 0.15) is 11.1 Å². The van der Waals surface area contributed by atoms with Crippen molar-refractivity contribution >= 4 is 35.6 Å². The van der Waals surface area contributed by atoms with Crippen molar-refractivity contribution in [3.8, 4) is 11.8 Å². The molecule has 2 aromatic carbocycles. The Morgan fingerprint density at radius 3 is 2.39 bits per heavy atom. The second-order valence-electron chi connectivity index (χ2n) is 6.36. The second kappa shape index (κ2) is 10.8. The lowest BCUT2D eigenvalue weighted by molar-refractivity contribution is 0.367. The van der Waals surface area contributed by atoms with E-state index in [0.29, 0.717) is 12.1 Å². The molecule has 0 radical (unpaired) electrons. The largest absolute Gasteiger partial charge is 0.495 e. The summed E-state index contributed by atoms with van der Waals surface area (Å²) in [5.74, 6) is 1.81. The molecular formula is C21H26IN5O. The number of nitrogens with zero attached hydrogens (tertiary/aromatic N) is 4. The summed E-state index contributed by atoms with van der Waals surface area (Å²) in [4.78, 5) is 9.05. The molecule has 7 heteroatoms. The molecule has 0 aliphatic carbocycles. The first kappa shape index (κ1) is 21.8. The normalized spacial score (nSPS) is 14.1. The van der Waals surface area contributed by atoms with E-state index in [1.165, 1.54) is 0 Å². The van der Waals surface area contributed by atoms with Gasteiger partial charge in [0.2, 0.25) is 0 Å². The zero-order chi connectivity index (χ0) is 19.1. The number of nitrogens with one attached hydrogen (secondary N) is 1. The smallest absolute Gasteiger partial charge is 0.194 e. The molecule has 6 nitrogen and oxygen atoms in total. The first-order valence-electron chi connectivity index (χ1n) is 9.07. The minimum Gasteiger partial charge on any atom is -0.495 e. The highest BCUT2D eigenvalue weighted by Gasteiger charge is 2.21. The van der Waals surface area contributed by atoms with E-state index in [-0.39, 0.29) is 24.0 Å². The van der Waals surface area contributed by atoms with Crippen LogP contribution in [0.15, 0.2) is 53.5 Å². The van der Waals surface area contributed by atoms with Gasteiger partial charge in [-0.05, 0) is 29.8 Å². The molecule has 0 spiro atoms. The highest BCUT2D eigenvalue weighted by Crippen LogP contribution is 2.28. The maximum atomic E-state index is 8.89. The van der Waals surface area contributed by atoms with E-state index < -0.39 is 0 Å². The number of halogens is 1. The quantitative estimate of drug-likeness (QED) is 0.405. The lowest BCUT2D eigenvalue weighted by Crippen LogP contribution is -2.52. The Morgan fingerprint density at radius 2 is 1.79 bits per heavy atom. The molecule has 0 aromatic heterocycles. The Balaban J connectivity index is 0.00000280. The third kappa shape index (κ3) is 5.29. The van der Waals surface area contributed by atoms with E-state index in [2.05, 4.69) is 32.2 Å². The molecule has 1 fully saturated rings. The third-order valence-electron chi connectivity index (χ3n) is 4.75. The minimum absolute atomic E-state index is 0. The third-order valence-corrected chi connectivity index (χ3v) is 4.75. The highest BCUT2D eigenvalue weighted by atomic mass is 127. The van der Waals surface area contributed by atoms with Crippen molar-refractivity contribution in [1.82, 2.24) is 10.2 Å². The number of hydrogen-bond donors (Lipinski definition) is 1. The Kier molecular flexibility index (Phi) is 8.39. The predicted molar refractivity (Wildman–Crippen MR) is 124 cm³/mol. The lowest BCUT2D eigenvalue weighted by atomic mass is 10.1. The van der Waals surface area contributed by atoms with Crippen LogP contribution in [0.25, 0.3) is 0 Å². The minimum atomic E-state index is 0. The number of nitriles is 1. The number of benzene rings is 2. The van der Waals surface area contributed by atoms with Crippen LogP contribution in [-0.2, 0) is 6.54 Å². The van der Waals surface area contributed by atoms with Crippen LogP contribution in [0, 0.1) is 11.3 Å². The summed E-state index contributed by atoms with van der Waals surface area (Å²) < 4.78 is 5.49. The summed E-state index contributed by atoms with van der Waals surface area (Å²) >= 11 is 0. The average Bonchev–Trinajstić information content (AvgIpc) is 2.75. The van der Waals surface area contributed by atoms with Crippen molar-refractivity contribution in [2.24, 2.45) is 4.99 Å². The summed E-state index contributed by atoms with van der Waals surface area (Å²) in [6.45, 7) is 4.30. The van der Waals surface area contributed by atoms with Crippen molar-refractivity contribution in [2.75, 3.05) is 45.2 Å². The van der Waals surface area contributed by atoms with E-state index in [0.717, 1.165) is 49.1 Å². The number of methoxy groups -OCH3 is 1. The van der Waals surface area contributed by atoms with Gasteiger partial charge in [-0.1, -0.05) is 24.3 Å². The van der Waals surface area contributed by atoms with Gasteiger partial charge in [-0.15, -0.1) is 24.0 Å². The Labute approximate surface area is 183 Å². The molecule has 148 valence electrons. The Bertz CT molecular complexity index is 823. The summed E-state index contributed by atoms with van der Waals surface area (Å²) in [5, 5.41) is 12.3. The molecule has 0 bridgehead atoms. The van der Waals surface area contributed by atoms with Crippen molar-refractivity contribution in [3.05, 3.63) is 59.7 Å². The summed E-state index contributed by atoms with van der Waals surface area (Å²) in [5.41, 5.74) is 2.94. The highest BCUT2D eigenvalue weighted by molar-refractivity contribution is 14.0. The molecule has 1 saturated heterocycles. The molecule has 28 heavy (non-hydrogen) atoms. The van der Waals surface area contributed by atoms with Crippen LogP contribution >= 0.6 is 24.0 Å². The van der Waals surface area contributed by atoms with Gasteiger partial charge in [-0.3, -0.25) is 4.99 Å². The number of para-hydroxylation sites is 2. The fourth-order valence-corrected chi connectivity index (χ4v) is 3.26. The number of guanidine groups is 1. The molecule has 1 N–H and O–H groups in total. The summed E-state index contributed by atoms with van der Waals surface area (Å²) in [6, 6.07) is 17.9. The fraction of sp³-hybridized carbons (Fsp3) is 0.333. The second-order valence-corrected chi connectivity index (χ2v) is 6.36. The molecule has 0 atom stereocenters. The van der Waals surface area contributed by atoms with E-state index in [4.69, 9.17) is 10.00 Å². The van der Waals surface area contributed by atoms with Crippen LogP contribution in [0.3, 0.4) is 0 Å². The number of hydrogen-bond acceptors (Lipinski definition) is 4. The zero-order valence-electron chi connectivity index (χ0n) is 16.3. The van der Waals surface area contributed by atoms with Crippen LogP contribution in [-0.4, -0.2) is 51.2 Å². The lowest BCUT2D eigenvalue weighted by Gasteiger charge is -2.38. The van der Waals surface area contributed by atoms with E-state index in [1.807, 2.05) is 49.5 Å². The zero-order valence-corrected chi connectivity index (χ0v) is 18.6. The fourth-order valence-electron chi connectivity index (χ4n) is 3.26. The Morgan fingerprint density at radius 1 is 1.11 bits per heavy atom. The molecule has 1 aliphatic heterocycles.